The monoisotopic (exact) mass is 361 g/mol. The molecule has 138 valence electrons. The Morgan fingerprint density at radius 2 is 1.81 bits per heavy atom. The van der Waals surface area contributed by atoms with Crippen LogP contribution in [0.5, 0.6) is 0 Å². The molecule has 0 amide bonds. The first-order valence-electron chi connectivity index (χ1n) is 10.4. The third-order valence-electron chi connectivity index (χ3n) is 5.04. The largest absolute Gasteiger partial charge is 0.437 e. The number of aryl methyl sites for hydroxylation is 4. The van der Waals surface area contributed by atoms with Crippen LogP contribution in [0, 0.1) is 26.7 Å². The fourth-order valence-corrected chi connectivity index (χ4v) is 3.69. The van der Waals surface area contributed by atoms with E-state index < -0.39 is 6.37 Å². The van der Waals surface area contributed by atoms with Gasteiger partial charge in [0.25, 0.3) is 0 Å². The first-order valence-corrected chi connectivity index (χ1v) is 9.42. The number of nitrogens with zero attached hydrogens (tertiary/aromatic N) is 2. The Hall–Kier alpha value is -2.68. The van der Waals surface area contributed by atoms with Crippen LogP contribution in [0.4, 0.5) is 0 Å². The second-order valence-electron chi connectivity index (χ2n) is 7.71. The van der Waals surface area contributed by atoms with Gasteiger partial charge in [0, 0.05) is 30.8 Å². The van der Waals surface area contributed by atoms with E-state index in [2.05, 4.69) is 36.2 Å². The van der Waals surface area contributed by atoms with Gasteiger partial charge in [0.1, 0.15) is 7.05 Å². The van der Waals surface area contributed by atoms with Gasteiger partial charge in [-0.3, -0.25) is 0 Å². The van der Waals surface area contributed by atoms with Crippen LogP contribution in [0.3, 0.4) is 0 Å². The molecule has 0 radical (unpaired) electrons. The van der Waals surface area contributed by atoms with Gasteiger partial charge in [-0.2, -0.15) is 0 Å². The summed E-state index contributed by atoms with van der Waals surface area (Å²) in [6.07, 6.45) is 0.538. The zero-order valence-electron chi connectivity index (χ0n) is 18.8. The number of aromatic nitrogens is 2. The molecule has 0 atom stereocenters. The minimum absolute atomic E-state index is 0.109. The Balaban J connectivity index is 2.01. The lowest BCUT2D eigenvalue weighted by Gasteiger charge is -2.11. The highest BCUT2D eigenvalue weighted by atomic mass is 16.3. The minimum Gasteiger partial charge on any atom is -0.437 e. The molecule has 4 rings (SSSR count). The Labute approximate surface area is 163 Å². The van der Waals surface area contributed by atoms with E-state index in [1.54, 1.807) is 0 Å². The van der Waals surface area contributed by atoms with Gasteiger partial charge in [-0.15, -0.1) is 0 Å². The fourth-order valence-electron chi connectivity index (χ4n) is 3.69. The van der Waals surface area contributed by atoms with E-state index in [-0.39, 0.29) is 5.92 Å². The van der Waals surface area contributed by atoms with Crippen molar-refractivity contribution in [2.24, 2.45) is 13.0 Å². The predicted molar refractivity (Wildman–Crippen MR) is 111 cm³/mol. The second-order valence-corrected chi connectivity index (χ2v) is 7.71. The van der Waals surface area contributed by atoms with Gasteiger partial charge in [-0.1, -0.05) is 26.0 Å². The molecule has 0 N–H and O–H groups in total. The zero-order chi connectivity index (χ0) is 21.1. The van der Waals surface area contributed by atoms with E-state index >= 15 is 0 Å². The van der Waals surface area contributed by atoms with E-state index in [0.29, 0.717) is 5.71 Å². The van der Waals surface area contributed by atoms with Gasteiger partial charge in [0.05, 0.1) is 5.56 Å². The van der Waals surface area contributed by atoms with E-state index in [0.717, 1.165) is 50.0 Å². The molecule has 0 aliphatic heterocycles. The van der Waals surface area contributed by atoms with Crippen LogP contribution in [-0.2, 0) is 13.4 Å². The maximum absolute atomic E-state index is 8.53. The molecule has 0 unspecified atom stereocenters. The Morgan fingerprint density at radius 1 is 1.07 bits per heavy atom. The molecule has 1 aromatic carbocycles. The van der Waals surface area contributed by atoms with Gasteiger partial charge in [0.2, 0.25) is 11.4 Å². The third-order valence-corrected chi connectivity index (χ3v) is 5.04. The summed E-state index contributed by atoms with van der Waals surface area (Å²) >= 11 is 0. The summed E-state index contributed by atoms with van der Waals surface area (Å²) in [6, 6.07) is 10.3. The topological polar surface area (TPSA) is 29.9 Å². The van der Waals surface area contributed by atoms with Crippen LogP contribution in [0.2, 0.25) is 0 Å². The molecule has 0 aliphatic carbocycles. The maximum Gasteiger partial charge on any atom is 0.227 e. The molecule has 3 heteroatoms. The van der Waals surface area contributed by atoms with Crippen LogP contribution in [0.15, 0.2) is 40.9 Å². The van der Waals surface area contributed by atoms with Crippen LogP contribution in [-0.4, -0.2) is 4.98 Å². The Kier molecular flexibility index (Phi) is 3.70. The molecule has 0 fully saturated rings. The fraction of sp³-hybridized carbons (Fsp3) is 0.333. The van der Waals surface area contributed by atoms with E-state index in [1.807, 2.05) is 51.6 Å². The molecule has 3 nitrogen and oxygen atoms in total. The van der Waals surface area contributed by atoms with Crippen LogP contribution < -0.4 is 4.57 Å². The number of fused-ring (bicyclic) bond motifs is 3. The van der Waals surface area contributed by atoms with Gasteiger partial charge >= 0.3 is 0 Å². The van der Waals surface area contributed by atoms with E-state index in [9.17, 15) is 0 Å². The molecule has 27 heavy (non-hydrogen) atoms. The zero-order valence-corrected chi connectivity index (χ0v) is 16.8. The number of hydrogen-bond donors (Lipinski definition) is 0. The first-order chi connectivity index (χ1) is 13.6. The van der Waals surface area contributed by atoms with Gasteiger partial charge in [-0.05, 0) is 56.3 Å². The van der Waals surface area contributed by atoms with Crippen molar-refractivity contribution in [2.75, 3.05) is 0 Å². The molecule has 3 aromatic heterocycles. The number of furan rings is 1. The molecular formula is C24H27N2O+. The number of hydrogen-bond acceptors (Lipinski definition) is 2. The third kappa shape index (κ3) is 3.01. The van der Waals surface area contributed by atoms with Crippen molar-refractivity contribution < 1.29 is 11.7 Å². The van der Waals surface area contributed by atoms with Gasteiger partial charge in [0.15, 0.2) is 11.8 Å². The van der Waals surface area contributed by atoms with Crippen molar-refractivity contribution in [3.05, 3.63) is 58.9 Å². The van der Waals surface area contributed by atoms with Crippen molar-refractivity contribution >= 4 is 22.1 Å². The molecule has 0 saturated carbocycles. The summed E-state index contributed by atoms with van der Waals surface area (Å²) < 4.78 is 25.3. The van der Waals surface area contributed by atoms with Crippen molar-refractivity contribution in [2.45, 2.75) is 41.0 Å². The molecule has 4 aromatic rings. The highest BCUT2D eigenvalue weighted by molar-refractivity contribution is 6.08. The number of benzene rings is 1. The first kappa shape index (κ1) is 15.4. The van der Waals surface area contributed by atoms with Gasteiger partial charge in [-0.25, -0.2) is 9.55 Å². The average Bonchev–Trinajstić information content (AvgIpc) is 3.00. The number of rotatable bonds is 3. The molecule has 0 aliphatic rings. The van der Waals surface area contributed by atoms with Crippen molar-refractivity contribution in [1.82, 2.24) is 4.98 Å². The molecular weight excluding hydrogens is 332 g/mol. The number of pyridine rings is 2. The summed E-state index contributed by atoms with van der Waals surface area (Å²) in [6.45, 7) is 9.86. The van der Waals surface area contributed by atoms with E-state index in [4.69, 9.17) is 7.16 Å². The van der Waals surface area contributed by atoms with Crippen LogP contribution >= 0.6 is 0 Å². The van der Waals surface area contributed by atoms with Crippen molar-refractivity contribution in [1.29, 1.82) is 0 Å². The predicted octanol–water partition coefficient (Wildman–Crippen LogP) is 5.60. The molecule has 3 heterocycles. The molecule has 0 spiro atoms. The Bertz CT molecular complexity index is 1260. The van der Waals surface area contributed by atoms with Crippen molar-refractivity contribution in [3.63, 3.8) is 0 Å². The van der Waals surface area contributed by atoms with E-state index in [1.165, 1.54) is 0 Å². The second kappa shape index (κ2) is 6.49. The highest BCUT2D eigenvalue weighted by Crippen LogP contribution is 2.36. The van der Waals surface area contributed by atoms with Crippen LogP contribution in [0.25, 0.3) is 33.3 Å². The average molecular weight is 362 g/mol. The lowest BCUT2D eigenvalue weighted by atomic mass is 9.96. The summed E-state index contributed by atoms with van der Waals surface area (Å²) in [4.78, 5) is 4.56. The summed E-state index contributed by atoms with van der Waals surface area (Å²) in [5, 5.41) is 2.06. The SMILES string of the molecule is [2H]C([2H])(c1c[n+](C)c(-c2c(C)ccc3c2oc2nc(C)ccc23)cc1C)C(C)C. The lowest BCUT2D eigenvalue weighted by Crippen LogP contribution is -2.32. The summed E-state index contributed by atoms with van der Waals surface area (Å²) in [7, 11) is 1.97. The molecule has 0 saturated heterocycles. The Morgan fingerprint density at radius 3 is 2.56 bits per heavy atom. The lowest BCUT2D eigenvalue weighted by molar-refractivity contribution is -0.660. The minimum atomic E-state index is -1.39. The van der Waals surface area contributed by atoms with Crippen molar-refractivity contribution in [3.8, 4) is 11.3 Å². The van der Waals surface area contributed by atoms with Gasteiger partial charge < -0.3 is 4.42 Å². The molecule has 0 bridgehead atoms. The summed E-state index contributed by atoms with van der Waals surface area (Å²) in [5.74, 6) is -0.109. The normalized spacial score (nSPS) is 13.4. The standard InChI is InChI=1S/C24H27N2O/c1-14(2)11-18-13-26(6)21(12-16(18)4)22-15(3)7-9-19-20-10-8-17(5)25-24(20)27-23(19)22/h7-10,12-14H,11H2,1-6H3/q+1/i11D2. The highest BCUT2D eigenvalue weighted by Gasteiger charge is 2.22. The smallest absolute Gasteiger partial charge is 0.227 e. The quantitative estimate of drug-likeness (QED) is 0.445. The maximum atomic E-state index is 8.53. The van der Waals surface area contributed by atoms with Crippen LogP contribution in [0.1, 0.15) is 39.0 Å². The summed E-state index contributed by atoms with van der Waals surface area (Å²) in [5.41, 5.74) is 7.22.